The van der Waals surface area contributed by atoms with Gasteiger partial charge < -0.3 is 9.32 Å². The van der Waals surface area contributed by atoms with E-state index in [1.807, 2.05) is 19.1 Å². The fourth-order valence-corrected chi connectivity index (χ4v) is 9.04. The minimum Gasteiger partial charge on any atom is -0.456 e. The maximum absolute atomic E-state index is 6.26. The zero-order valence-corrected chi connectivity index (χ0v) is 33.8. The predicted molar refractivity (Wildman–Crippen MR) is 261 cm³/mol. The largest absolute Gasteiger partial charge is 0.456 e. The highest BCUT2D eigenvalue weighted by Crippen LogP contribution is 2.42. The third-order valence-corrected chi connectivity index (χ3v) is 12.0. The standard InChI is InChI=1S/C59H41NO/c1-2-3-4-16-45-37-43-14-5-6-15-44(43)38-55(45)41-27-33-48(34-28-41)60(47-31-25-40(26-32-47)51-22-13-24-58-59(51)54-21-11-12-23-57(54)61-58)49-35-29-42(30-36-49)56-39-46-17-7-8-18-50(46)52-19-9-10-20-53(52)56/h2-39H,1H3/b3-2-,16-4-. The van der Waals surface area contributed by atoms with Gasteiger partial charge in [-0.05, 0) is 145 Å². The minimum atomic E-state index is 0.899. The highest BCUT2D eigenvalue weighted by atomic mass is 16.3. The van der Waals surface area contributed by atoms with E-state index in [0.717, 1.165) is 50.1 Å². The number of fused-ring (bicyclic) bond motifs is 7. The Balaban J connectivity index is 1.02. The average molecular weight is 780 g/mol. The van der Waals surface area contributed by atoms with Gasteiger partial charge >= 0.3 is 0 Å². The third-order valence-electron chi connectivity index (χ3n) is 12.0. The van der Waals surface area contributed by atoms with Gasteiger partial charge in [-0.2, -0.15) is 0 Å². The number of furan rings is 1. The van der Waals surface area contributed by atoms with Crippen molar-refractivity contribution in [3.63, 3.8) is 0 Å². The van der Waals surface area contributed by atoms with Crippen molar-refractivity contribution >= 4 is 77.4 Å². The molecule has 11 rings (SSSR count). The molecule has 2 heteroatoms. The first-order valence-corrected chi connectivity index (χ1v) is 20.9. The molecule has 0 amide bonds. The number of hydrogen-bond acceptors (Lipinski definition) is 2. The molecule has 0 saturated heterocycles. The van der Waals surface area contributed by atoms with Crippen LogP contribution in [0, 0.1) is 0 Å². The second-order valence-corrected chi connectivity index (χ2v) is 15.6. The van der Waals surface area contributed by atoms with Crippen molar-refractivity contribution in [1.29, 1.82) is 0 Å². The van der Waals surface area contributed by atoms with Crippen molar-refractivity contribution in [2.24, 2.45) is 0 Å². The SMILES string of the molecule is C/C=C\C=C/c1cc2ccccc2cc1-c1ccc(N(c2ccc(-c3cc4ccccc4c4ccccc34)cc2)c2ccc(-c3cccc4oc5ccccc5c34)cc2)cc1. The fraction of sp³-hybridized carbons (Fsp3) is 0.0169. The lowest BCUT2D eigenvalue weighted by molar-refractivity contribution is 0.669. The van der Waals surface area contributed by atoms with Gasteiger partial charge in [-0.25, -0.2) is 0 Å². The van der Waals surface area contributed by atoms with Crippen molar-refractivity contribution in [2.45, 2.75) is 6.92 Å². The summed E-state index contributed by atoms with van der Waals surface area (Å²) in [6, 6.07) is 74.6. The highest BCUT2D eigenvalue weighted by molar-refractivity contribution is 6.14. The molecule has 0 N–H and O–H groups in total. The molecule has 0 atom stereocenters. The van der Waals surface area contributed by atoms with Gasteiger partial charge in [0.15, 0.2) is 0 Å². The predicted octanol–water partition coefficient (Wildman–Crippen LogP) is 17.1. The van der Waals surface area contributed by atoms with Crippen LogP contribution in [0.25, 0.3) is 93.7 Å². The summed E-state index contributed by atoms with van der Waals surface area (Å²) >= 11 is 0. The van der Waals surface area contributed by atoms with E-state index in [4.69, 9.17) is 4.42 Å². The van der Waals surface area contributed by atoms with Gasteiger partial charge in [0.1, 0.15) is 11.2 Å². The van der Waals surface area contributed by atoms with E-state index in [-0.39, 0.29) is 0 Å². The van der Waals surface area contributed by atoms with Gasteiger partial charge in [-0.15, -0.1) is 0 Å². The summed E-state index contributed by atoms with van der Waals surface area (Å²) in [5, 5.41) is 9.78. The van der Waals surface area contributed by atoms with E-state index in [9.17, 15) is 0 Å². The van der Waals surface area contributed by atoms with Gasteiger partial charge in [0.05, 0.1) is 0 Å². The maximum atomic E-state index is 6.26. The molecule has 0 spiro atoms. The van der Waals surface area contributed by atoms with Gasteiger partial charge in [0, 0.05) is 27.8 Å². The van der Waals surface area contributed by atoms with Crippen molar-refractivity contribution in [3.05, 3.63) is 230 Å². The van der Waals surface area contributed by atoms with Crippen molar-refractivity contribution in [3.8, 4) is 33.4 Å². The number of benzene rings is 10. The molecular weight excluding hydrogens is 739 g/mol. The molecule has 61 heavy (non-hydrogen) atoms. The van der Waals surface area contributed by atoms with Crippen LogP contribution >= 0.6 is 0 Å². The van der Waals surface area contributed by atoms with E-state index in [1.165, 1.54) is 60.1 Å². The normalized spacial score (nSPS) is 11.9. The molecule has 0 saturated carbocycles. The molecular formula is C59H41NO. The van der Waals surface area contributed by atoms with Crippen LogP contribution in [0.2, 0.25) is 0 Å². The molecule has 1 heterocycles. The van der Waals surface area contributed by atoms with E-state index in [1.54, 1.807) is 0 Å². The number of nitrogens with zero attached hydrogens (tertiary/aromatic N) is 1. The Hall–Kier alpha value is -7.94. The number of anilines is 3. The molecule has 11 aromatic rings. The zero-order chi connectivity index (χ0) is 40.7. The smallest absolute Gasteiger partial charge is 0.136 e. The Morgan fingerprint density at radius 1 is 0.377 bits per heavy atom. The third kappa shape index (κ3) is 6.56. The average Bonchev–Trinajstić information content (AvgIpc) is 3.71. The highest BCUT2D eigenvalue weighted by Gasteiger charge is 2.17. The van der Waals surface area contributed by atoms with Crippen LogP contribution in [-0.2, 0) is 0 Å². The van der Waals surface area contributed by atoms with Crippen LogP contribution < -0.4 is 4.90 Å². The maximum Gasteiger partial charge on any atom is 0.136 e. The van der Waals surface area contributed by atoms with E-state index in [2.05, 4.69) is 223 Å². The van der Waals surface area contributed by atoms with Crippen molar-refractivity contribution in [1.82, 2.24) is 0 Å². The van der Waals surface area contributed by atoms with Crippen LogP contribution in [0.3, 0.4) is 0 Å². The van der Waals surface area contributed by atoms with Crippen LogP contribution in [0.5, 0.6) is 0 Å². The quantitative estimate of drug-likeness (QED) is 0.113. The molecule has 10 aromatic carbocycles. The molecule has 0 aliphatic carbocycles. The summed E-state index contributed by atoms with van der Waals surface area (Å²) in [6.07, 6.45) is 8.46. The van der Waals surface area contributed by atoms with Gasteiger partial charge in [-0.1, -0.05) is 164 Å². The molecule has 0 aliphatic heterocycles. The molecule has 288 valence electrons. The second kappa shape index (κ2) is 15.3. The first kappa shape index (κ1) is 36.2. The molecule has 0 fully saturated rings. The molecule has 0 aliphatic rings. The first-order valence-electron chi connectivity index (χ1n) is 20.9. The Morgan fingerprint density at radius 2 is 0.885 bits per heavy atom. The monoisotopic (exact) mass is 779 g/mol. The molecule has 0 unspecified atom stereocenters. The molecule has 0 radical (unpaired) electrons. The first-order chi connectivity index (χ1) is 30.2. The Morgan fingerprint density at radius 3 is 1.56 bits per heavy atom. The summed E-state index contributed by atoms with van der Waals surface area (Å²) in [6.45, 7) is 2.05. The van der Waals surface area contributed by atoms with Crippen LogP contribution in [0.4, 0.5) is 17.1 Å². The summed E-state index contributed by atoms with van der Waals surface area (Å²) in [5.74, 6) is 0. The molecule has 2 nitrogen and oxygen atoms in total. The van der Waals surface area contributed by atoms with Gasteiger partial charge in [-0.3, -0.25) is 0 Å². The van der Waals surface area contributed by atoms with Crippen LogP contribution in [0.1, 0.15) is 12.5 Å². The molecule has 1 aromatic heterocycles. The number of rotatable bonds is 8. The van der Waals surface area contributed by atoms with E-state index >= 15 is 0 Å². The van der Waals surface area contributed by atoms with Gasteiger partial charge in [0.25, 0.3) is 0 Å². The Kier molecular flexibility index (Phi) is 9.09. The summed E-state index contributed by atoms with van der Waals surface area (Å²) in [5.41, 5.74) is 13.3. The summed E-state index contributed by atoms with van der Waals surface area (Å²) in [7, 11) is 0. The zero-order valence-electron chi connectivity index (χ0n) is 33.8. The van der Waals surface area contributed by atoms with E-state index < -0.39 is 0 Å². The Labute approximate surface area is 355 Å². The fourth-order valence-electron chi connectivity index (χ4n) is 9.04. The van der Waals surface area contributed by atoms with Crippen LogP contribution in [-0.4, -0.2) is 0 Å². The van der Waals surface area contributed by atoms with Crippen LogP contribution in [0.15, 0.2) is 229 Å². The molecule has 0 bridgehead atoms. The second-order valence-electron chi connectivity index (χ2n) is 15.6. The van der Waals surface area contributed by atoms with Crippen molar-refractivity contribution in [2.75, 3.05) is 4.90 Å². The number of allylic oxidation sites excluding steroid dienone is 3. The lowest BCUT2D eigenvalue weighted by Gasteiger charge is -2.26. The number of hydrogen-bond donors (Lipinski definition) is 0. The van der Waals surface area contributed by atoms with Crippen molar-refractivity contribution < 1.29 is 4.42 Å². The van der Waals surface area contributed by atoms with Gasteiger partial charge in [0.2, 0.25) is 0 Å². The lowest BCUT2D eigenvalue weighted by Crippen LogP contribution is -2.09. The number of para-hydroxylation sites is 1. The summed E-state index contributed by atoms with van der Waals surface area (Å²) in [4.78, 5) is 2.36. The summed E-state index contributed by atoms with van der Waals surface area (Å²) < 4.78 is 6.26. The minimum absolute atomic E-state index is 0.899. The topological polar surface area (TPSA) is 16.4 Å². The Bertz CT molecular complexity index is 3460. The lowest BCUT2D eigenvalue weighted by atomic mass is 9.93. The van der Waals surface area contributed by atoms with E-state index in [0.29, 0.717) is 0 Å².